The van der Waals surface area contributed by atoms with Crippen molar-refractivity contribution in [1.29, 1.82) is 0 Å². The smallest absolute Gasteiger partial charge is 0.305 e. The molecule has 1 aliphatic carbocycles. The monoisotopic (exact) mass is 268 g/mol. The molecule has 0 amide bonds. The highest BCUT2D eigenvalue weighted by Gasteiger charge is 2.27. The van der Waals surface area contributed by atoms with Crippen LogP contribution in [0, 0.1) is 11.8 Å². The molecule has 2 aliphatic rings. The molecule has 4 nitrogen and oxygen atoms in total. The molecule has 2 unspecified atom stereocenters. The maximum Gasteiger partial charge on any atom is 0.305 e. The summed E-state index contributed by atoms with van der Waals surface area (Å²) < 4.78 is 4.72. The highest BCUT2D eigenvalue weighted by Crippen LogP contribution is 2.28. The number of nitrogens with two attached hydrogens (primary N) is 1. The molecule has 2 atom stereocenters. The summed E-state index contributed by atoms with van der Waals surface area (Å²) in [6.45, 7) is 3.36. The number of piperidine rings is 1. The van der Waals surface area contributed by atoms with E-state index in [2.05, 4.69) is 4.90 Å². The Morgan fingerprint density at radius 1 is 1.26 bits per heavy atom. The molecule has 0 aromatic heterocycles. The molecule has 0 radical (unpaired) electrons. The van der Waals surface area contributed by atoms with Gasteiger partial charge >= 0.3 is 5.97 Å². The van der Waals surface area contributed by atoms with E-state index in [1.165, 1.54) is 39.3 Å². The summed E-state index contributed by atoms with van der Waals surface area (Å²) >= 11 is 0. The quantitative estimate of drug-likeness (QED) is 0.772. The normalized spacial score (nSPS) is 29.6. The van der Waals surface area contributed by atoms with Gasteiger partial charge < -0.3 is 15.4 Å². The first-order chi connectivity index (χ1) is 9.17. The molecule has 0 spiro atoms. The van der Waals surface area contributed by atoms with Gasteiger partial charge in [0.2, 0.25) is 0 Å². The van der Waals surface area contributed by atoms with Crippen LogP contribution in [0.1, 0.15) is 44.9 Å². The molecule has 1 saturated heterocycles. The summed E-state index contributed by atoms with van der Waals surface area (Å²) in [5, 5.41) is 0. The van der Waals surface area contributed by atoms with Crippen molar-refractivity contribution in [2.45, 2.75) is 51.0 Å². The fourth-order valence-corrected chi connectivity index (χ4v) is 3.69. The van der Waals surface area contributed by atoms with Crippen LogP contribution in [0.15, 0.2) is 0 Å². The van der Waals surface area contributed by atoms with Gasteiger partial charge in [0, 0.05) is 32.1 Å². The number of hydrogen-bond donors (Lipinski definition) is 1. The summed E-state index contributed by atoms with van der Waals surface area (Å²) in [5.74, 6) is 1.34. The molecule has 19 heavy (non-hydrogen) atoms. The van der Waals surface area contributed by atoms with Crippen molar-refractivity contribution >= 4 is 5.97 Å². The third kappa shape index (κ3) is 4.77. The fourth-order valence-electron chi connectivity index (χ4n) is 3.69. The van der Waals surface area contributed by atoms with Gasteiger partial charge in [-0.2, -0.15) is 0 Å². The van der Waals surface area contributed by atoms with Gasteiger partial charge in [-0.1, -0.05) is 12.8 Å². The average molecular weight is 268 g/mol. The lowest BCUT2D eigenvalue weighted by Crippen LogP contribution is -2.48. The topological polar surface area (TPSA) is 55.6 Å². The van der Waals surface area contributed by atoms with Gasteiger partial charge in [0.15, 0.2) is 0 Å². The Labute approximate surface area is 116 Å². The zero-order valence-corrected chi connectivity index (χ0v) is 12.1. The molecule has 1 heterocycles. The molecule has 2 N–H and O–H groups in total. The second-order valence-electron chi connectivity index (χ2n) is 6.35. The first-order valence-electron chi connectivity index (χ1n) is 7.72. The highest BCUT2D eigenvalue weighted by atomic mass is 16.5. The molecular formula is C15H28N2O2. The van der Waals surface area contributed by atoms with Gasteiger partial charge in [-0.15, -0.1) is 0 Å². The summed E-state index contributed by atoms with van der Waals surface area (Å²) in [6, 6.07) is 0.276. The van der Waals surface area contributed by atoms with Crippen molar-refractivity contribution in [1.82, 2.24) is 4.90 Å². The molecule has 1 saturated carbocycles. The van der Waals surface area contributed by atoms with Crippen LogP contribution in [0.2, 0.25) is 0 Å². The van der Waals surface area contributed by atoms with E-state index in [1.807, 2.05) is 0 Å². The number of methoxy groups -OCH3 is 1. The van der Waals surface area contributed by atoms with E-state index in [4.69, 9.17) is 10.5 Å². The lowest BCUT2D eigenvalue weighted by molar-refractivity contribution is -0.141. The second kappa shape index (κ2) is 7.25. The van der Waals surface area contributed by atoms with Crippen LogP contribution >= 0.6 is 0 Å². The van der Waals surface area contributed by atoms with Crippen LogP contribution in [-0.4, -0.2) is 43.7 Å². The van der Waals surface area contributed by atoms with E-state index in [9.17, 15) is 4.79 Å². The zero-order chi connectivity index (χ0) is 13.7. The molecule has 4 heteroatoms. The molecule has 2 rings (SSSR count). The minimum Gasteiger partial charge on any atom is -0.469 e. The maximum absolute atomic E-state index is 11.2. The Kier molecular flexibility index (Phi) is 5.64. The number of rotatable bonds is 5. The lowest BCUT2D eigenvalue weighted by atomic mass is 9.90. The standard InChI is InChI=1S/C15H28N2O2/c1-19-15(18)7-6-13-8-14(16)11-17(10-13)9-12-4-2-3-5-12/h12-14H,2-11,16H2,1H3. The Morgan fingerprint density at radius 2 is 2.00 bits per heavy atom. The van der Waals surface area contributed by atoms with Gasteiger partial charge in [-0.25, -0.2) is 0 Å². The molecule has 0 aromatic rings. The van der Waals surface area contributed by atoms with Crippen molar-refractivity contribution in [2.24, 2.45) is 17.6 Å². The number of ether oxygens (including phenoxy) is 1. The van der Waals surface area contributed by atoms with Crippen molar-refractivity contribution in [3.8, 4) is 0 Å². The van der Waals surface area contributed by atoms with E-state index in [0.717, 1.165) is 31.8 Å². The first-order valence-corrected chi connectivity index (χ1v) is 7.72. The number of carbonyl (C=O) groups excluding carboxylic acids is 1. The zero-order valence-electron chi connectivity index (χ0n) is 12.1. The first kappa shape index (κ1) is 14.8. The molecule has 2 fully saturated rings. The molecular weight excluding hydrogens is 240 g/mol. The molecule has 0 bridgehead atoms. The summed E-state index contributed by atoms with van der Waals surface area (Å²) in [4.78, 5) is 13.8. The number of likely N-dealkylation sites (tertiary alicyclic amines) is 1. The number of nitrogens with zero attached hydrogens (tertiary/aromatic N) is 1. The summed E-state index contributed by atoms with van der Waals surface area (Å²) in [7, 11) is 1.46. The summed E-state index contributed by atoms with van der Waals surface area (Å²) in [6.07, 6.45) is 8.08. The lowest BCUT2D eigenvalue weighted by Gasteiger charge is -2.37. The minimum absolute atomic E-state index is 0.0958. The van der Waals surface area contributed by atoms with E-state index in [0.29, 0.717) is 12.3 Å². The minimum atomic E-state index is -0.0958. The van der Waals surface area contributed by atoms with Crippen LogP contribution in [0.5, 0.6) is 0 Å². The van der Waals surface area contributed by atoms with E-state index >= 15 is 0 Å². The van der Waals surface area contributed by atoms with E-state index in [1.54, 1.807) is 0 Å². The number of carbonyl (C=O) groups is 1. The highest BCUT2D eigenvalue weighted by molar-refractivity contribution is 5.69. The molecule has 0 aromatic carbocycles. The Bertz CT molecular complexity index is 290. The third-order valence-electron chi connectivity index (χ3n) is 4.62. The predicted octanol–water partition coefficient (Wildman–Crippen LogP) is 1.78. The van der Waals surface area contributed by atoms with Crippen LogP contribution < -0.4 is 5.73 Å². The SMILES string of the molecule is COC(=O)CCC1CC(N)CN(CC2CCCC2)C1. The van der Waals surface area contributed by atoms with Gasteiger partial charge in [0.1, 0.15) is 0 Å². The van der Waals surface area contributed by atoms with Crippen molar-refractivity contribution in [2.75, 3.05) is 26.7 Å². The van der Waals surface area contributed by atoms with E-state index in [-0.39, 0.29) is 12.0 Å². The van der Waals surface area contributed by atoms with Crippen LogP contribution in [-0.2, 0) is 9.53 Å². The summed E-state index contributed by atoms with van der Waals surface area (Å²) in [5.41, 5.74) is 6.17. The maximum atomic E-state index is 11.2. The average Bonchev–Trinajstić information content (AvgIpc) is 2.88. The fraction of sp³-hybridized carbons (Fsp3) is 0.933. The van der Waals surface area contributed by atoms with Crippen LogP contribution in [0.25, 0.3) is 0 Å². The largest absolute Gasteiger partial charge is 0.469 e. The van der Waals surface area contributed by atoms with Crippen LogP contribution in [0.4, 0.5) is 0 Å². The van der Waals surface area contributed by atoms with E-state index < -0.39 is 0 Å². The predicted molar refractivity (Wildman–Crippen MR) is 75.7 cm³/mol. The molecule has 110 valence electrons. The number of esters is 1. The van der Waals surface area contributed by atoms with Crippen molar-refractivity contribution in [3.63, 3.8) is 0 Å². The van der Waals surface area contributed by atoms with Crippen LogP contribution in [0.3, 0.4) is 0 Å². The number of hydrogen-bond acceptors (Lipinski definition) is 4. The van der Waals surface area contributed by atoms with Gasteiger partial charge in [0.25, 0.3) is 0 Å². The Morgan fingerprint density at radius 3 is 2.68 bits per heavy atom. The second-order valence-corrected chi connectivity index (χ2v) is 6.35. The third-order valence-corrected chi connectivity index (χ3v) is 4.62. The Balaban J connectivity index is 1.76. The molecule has 1 aliphatic heterocycles. The Hall–Kier alpha value is -0.610. The van der Waals surface area contributed by atoms with Crippen molar-refractivity contribution in [3.05, 3.63) is 0 Å². The van der Waals surface area contributed by atoms with Gasteiger partial charge in [0.05, 0.1) is 7.11 Å². The van der Waals surface area contributed by atoms with Gasteiger partial charge in [-0.3, -0.25) is 4.79 Å². The van der Waals surface area contributed by atoms with Crippen molar-refractivity contribution < 1.29 is 9.53 Å². The van der Waals surface area contributed by atoms with Gasteiger partial charge in [-0.05, 0) is 37.5 Å².